The largest absolute Gasteiger partial charge is 0.368 e. The molecule has 0 atom stereocenters. The summed E-state index contributed by atoms with van der Waals surface area (Å²) < 4.78 is 28.6. The highest BCUT2D eigenvalue weighted by Gasteiger charge is 2.30. The molecule has 0 saturated carbocycles. The molecule has 36 heavy (non-hydrogen) atoms. The summed E-state index contributed by atoms with van der Waals surface area (Å²) in [6, 6.07) is 21.8. The van der Waals surface area contributed by atoms with Gasteiger partial charge in [0.15, 0.2) is 0 Å². The van der Waals surface area contributed by atoms with Crippen molar-refractivity contribution >= 4 is 38.9 Å². The van der Waals surface area contributed by atoms with E-state index < -0.39 is 10.0 Å². The molecule has 0 bridgehead atoms. The molecule has 1 aliphatic rings. The van der Waals surface area contributed by atoms with Crippen LogP contribution in [0.3, 0.4) is 0 Å². The van der Waals surface area contributed by atoms with E-state index in [1.165, 1.54) is 4.31 Å². The summed E-state index contributed by atoms with van der Waals surface area (Å²) in [5.41, 5.74) is 3.57. The highest BCUT2D eigenvalue weighted by molar-refractivity contribution is 7.92. The zero-order valence-electron chi connectivity index (χ0n) is 20.9. The van der Waals surface area contributed by atoms with E-state index in [9.17, 15) is 13.2 Å². The van der Waals surface area contributed by atoms with Crippen LogP contribution >= 0.6 is 11.6 Å². The number of piperazine rings is 1. The first-order valence-corrected chi connectivity index (χ1v) is 13.9. The van der Waals surface area contributed by atoms with Gasteiger partial charge in [-0.15, -0.1) is 0 Å². The number of carbonyl (C=O) groups is 1. The SMILES string of the molecule is Cc1ccc(S(=O)(=O)N(CC(=O)N2CCN(c3cccc(Cl)c3)CC2)c2ccc(C(C)C)cc2)cc1. The molecule has 1 saturated heterocycles. The van der Waals surface area contributed by atoms with Crippen molar-refractivity contribution in [2.24, 2.45) is 0 Å². The van der Waals surface area contributed by atoms with Crippen LogP contribution < -0.4 is 9.21 Å². The summed E-state index contributed by atoms with van der Waals surface area (Å²) in [5.74, 6) is 0.1000. The summed E-state index contributed by atoms with van der Waals surface area (Å²) in [6.07, 6.45) is 0. The Morgan fingerprint density at radius 3 is 2.17 bits per heavy atom. The third-order valence-electron chi connectivity index (χ3n) is 6.54. The minimum atomic E-state index is -3.94. The van der Waals surface area contributed by atoms with Crippen LogP contribution in [0.25, 0.3) is 0 Å². The van der Waals surface area contributed by atoms with Crippen molar-refractivity contribution in [1.29, 1.82) is 0 Å². The van der Waals surface area contributed by atoms with E-state index in [1.807, 2.05) is 43.3 Å². The van der Waals surface area contributed by atoms with Crippen molar-refractivity contribution in [2.75, 3.05) is 41.9 Å². The molecule has 0 N–H and O–H groups in total. The molecular weight excluding hydrogens is 494 g/mol. The minimum Gasteiger partial charge on any atom is -0.368 e. The Bertz CT molecular complexity index is 1300. The molecule has 0 aromatic heterocycles. The summed E-state index contributed by atoms with van der Waals surface area (Å²) >= 11 is 6.13. The summed E-state index contributed by atoms with van der Waals surface area (Å²) in [4.78, 5) is 17.5. The average Bonchev–Trinajstić information content (AvgIpc) is 2.87. The first-order chi connectivity index (χ1) is 17.1. The molecular formula is C28H32ClN3O3S. The van der Waals surface area contributed by atoms with Crippen molar-refractivity contribution in [1.82, 2.24) is 4.90 Å². The third-order valence-corrected chi connectivity index (χ3v) is 8.56. The van der Waals surface area contributed by atoms with E-state index in [4.69, 9.17) is 11.6 Å². The number of hydrogen-bond donors (Lipinski definition) is 0. The number of nitrogens with zero attached hydrogens (tertiary/aromatic N) is 3. The first-order valence-electron chi connectivity index (χ1n) is 12.1. The maximum Gasteiger partial charge on any atom is 0.264 e. The maximum atomic E-state index is 13.7. The van der Waals surface area contributed by atoms with Gasteiger partial charge in [0.05, 0.1) is 10.6 Å². The molecule has 190 valence electrons. The molecule has 0 aliphatic carbocycles. The Balaban J connectivity index is 1.55. The maximum absolute atomic E-state index is 13.7. The van der Waals surface area contributed by atoms with Crippen molar-refractivity contribution in [3.63, 3.8) is 0 Å². The molecule has 0 unspecified atom stereocenters. The molecule has 1 heterocycles. The van der Waals surface area contributed by atoms with Crippen LogP contribution in [0.1, 0.15) is 30.9 Å². The topological polar surface area (TPSA) is 60.9 Å². The molecule has 1 amide bonds. The van der Waals surface area contributed by atoms with Crippen LogP contribution in [0.4, 0.5) is 11.4 Å². The van der Waals surface area contributed by atoms with Gasteiger partial charge >= 0.3 is 0 Å². The predicted molar refractivity (Wildman–Crippen MR) is 146 cm³/mol. The second-order valence-corrected chi connectivity index (χ2v) is 11.7. The molecule has 1 aliphatic heterocycles. The van der Waals surface area contributed by atoms with Crippen LogP contribution in [0.15, 0.2) is 77.7 Å². The number of amides is 1. The van der Waals surface area contributed by atoms with Crippen molar-refractivity contribution in [3.05, 3.63) is 88.9 Å². The van der Waals surface area contributed by atoms with E-state index in [2.05, 4.69) is 18.7 Å². The molecule has 8 heteroatoms. The van der Waals surface area contributed by atoms with Gasteiger partial charge in [-0.2, -0.15) is 0 Å². The zero-order valence-corrected chi connectivity index (χ0v) is 22.5. The molecule has 3 aromatic carbocycles. The molecule has 3 aromatic rings. The second-order valence-electron chi connectivity index (χ2n) is 9.42. The second kappa shape index (κ2) is 10.9. The molecule has 1 fully saturated rings. The Hall–Kier alpha value is -3.03. The summed E-state index contributed by atoms with van der Waals surface area (Å²) in [7, 11) is -3.94. The average molecular weight is 526 g/mol. The number of anilines is 2. The highest BCUT2D eigenvalue weighted by Crippen LogP contribution is 2.27. The lowest BCUT2D eigenvalue weighted by atomic mass is 10.0. The van der Waals surface area contributed by atoms with Gasteiger partial charge in [-0.1, -0.05) is 61.3 Å². The molecule has 0 radical (unpaired) electrons. The normalized spacial score (nSPS) is 14.2. The fraction of sp³-hybridized carbons (Fsp3) is 0.321. The highest BCUT2D eigenvalue weighted by atomic mass is 35.5. The predicted octanol–water partition coefficient (Wildman–Crippen LogP) is 5.32. The Kier molecular flexibility index (Phi) is 7.91. The lowest BCUT2D eigenvalue weighted by Gasteiger charge is -2.37. The van der Waals surface area contributed by atoms with E-state index in [-0.39, 0.29) is 17.3 Å². The number of aryl methyl sites for hydroxylation is 1. The first kappa shape index (κ1) is 26.0. The van der Waals surface area contributed by atoms with Gasteiger partial charge in [0, 0.05) is 36.9 Å². The van der Waals surface area contributed by atoms with Crippen LogP contribution in [-0.2, 0) is 14.8 Å². The minimum absolute atomic E-state index is 0.166. The van der Waals surface area contributed by atoms with Gasteiger partial charge in [0.25, 0.3) is 10.0 Å². The number of carbonyl (C=O) groups excluding carboxylic acids is 1. The quantitative estimate of drug-likeness (QED) is 0.419. The zero-order chi connectivity index (χ0) is 25.9. The monoisotopic (exact) mass is 525 g/mol. The third kappa shape index (κ3) is 5.85. The lowest BCUT2D eigenvalue weighted by molar-refractivity contribution is -0.129. The van der Waals surface area contributed by atoms with Gasteiger partial charge in [0.1, 0.15) is 6.54 Å². The van der Waals surface area contributed by atoms with Gasteiger partial charge < -0.3 is 9.80 Å². The standard InChI is InChI=1S/C28H32ClN3O3S/c1-21(2)23-9-11-25(12-10-23)32(36(34,35)27-13-7-22(3)8-14-27)20-28(33)31-17-15-30(16-18-31)26-6-4-5-24(29)19-26/h4-14,19,21H,15-18,20H2,1-3H3. The van der Waals surface area contributed by atoms with Crippen molar-refractivity contribution in [3.8, 4) is 0 Å². The van der Waals surface area contributed by atoms with Crippen LogP contribution in [0.5, 0.6) is 0 Å². The Morgan fingerprint density at radius 1 is 0.944 bits per heavy atom. The van der Waals surface area contributed by atoms with Crippen LogP contribution in [0, 0.1) is 6.92 Å². The van der Waals surface area contributed by atoms with Crippen molar-refractivity contribution < 1.29 is 13.2 Å². The fourth-order valence-electron chi connectivity index (χ4n) is 4.29. The van der Waals surface area contributed by atoms with Gasteiger partial charge in [0.2, 0.25) is 5.91 Å². The molecule has 0 spiro atoms. The van der Waals surface area contributed by atoms with E-state index in [0.717, 1.165) is 16.8 Å². The molecule has 6 nitrogen and oxygen atoms in total. The van der Waals surface area contributed by atoms with Crippen LogP contribution in [-0.4, -0.2) is 51.9 Å². The number of halogens is 1. The van der Waals surface area contributed by atoms with E-state index in [0.29, 0.717) is 42.8 Å². The number of hydrogen-bond acceptors (Lipinski definition) is 4. The van der Waals surface area contributed by atoms with Crippen molar-refractivity contribution in [2.45, 2.75) is 31.6 Å². The smallest absolute Gasteiger partial charge is 0.264 e. The number of sulfonamides is 1. The lowest BCUT2D eigenvalue weighted by Crippen LogP contribution is -2.52. The van der Waals surface area contributed by atoms with Gasteiger partial charge in [-0.3, -0.25) is 9.10 Å². The number of rotatable bonds is 7. The summed E-state index contributed by atoms with van der Waals surface area (Å²) in [5, 5.41) is 0.673. The number of benzene rings is 3. The Labute approximate surface area is 219 Å². The van der Waals surface area contributed by atoms with Gasteiger partial charge in [-0.05, 0) is 60.9 Å². The molecule has 4 rings (SSSR count). The van der Waals surface area contributed by atoms with Gasteiger partial charge in [-0.25, -0.2) is 8.42 Å². The summed E-state index contributed by atoms with van der Waals surface area (Å²) in [6.45, 7) is 8.15. The van der Waals surface area contributed by atoms with Crippen LogP contribution in [0.2, 0.25) is 5.02 Å². The van der Waals surface area contributed by atoms with E-state index in [1.54, 1.807) is 41.3 Å². The fourth-order valence-corrected chi connectivity index (χ4v) is 5.89. The van der Waals surface area contributed by atoms with E-state index >= 15 is 0 Å². The Morgan fingerprint density at radius 2 is 1.58 bits per heavy atom.